The molecule has 0 fully saturated rings. The second-order valence-corrected chi connectivity index (χ2v) is 8.42. The second kappa shape index (κ2) is 7.35. The van der Waals surface area contributed by atoms with Crippen LogP contribution in [0.2, 0.25) is 9.63 Å². The van der Waals surface area contributed by atoms with E-state index in [0.717, 1.165) is 11.1 Å². The van der Waals surface area contributed by atoms with Crippen LogP contribution >= 0.6 is 0 Å². The van der Waals surface area contributed by atoms with Crippen molar-refractivity contribution in [1.82, 2.24) is 0 Å². The molecular formula is C18H18O2Se. The fourth-order valence-corrected chi connectivity index (χ4v) is 4.48. The molecule has 0 radical (unpaired) electrons. The molecule has 21 heavy (non-hydrogen) atoms. The summed E-state index contributed by atoms with van der Waals surface area (Å²) in [6.45, 7) is 3.84. The molecule has 0 unspecified atom stereocenters. The minimum atomic E-state index is -0.0948. The summed E-state index contributed by atoms with van der Waals surface area (Å²) >= 11 is -0.0557. The van der Waals surface area contributed by atoms with Crippen LogP contribution in [0, 0.1) is 0 Å². The van der Waals surface area contributed by atoms with Gasteiger partial charge in [-0.15, -0.1) is 0 Å². The van der Waals surface area contributed by atoms with Gasteiger partial charge in [0.1, 0.15) is 0 Å². The molecule has 0 N–H and O–H groups in total. The molecule has 2 nitrogen and oxygen atoms in total. The monoisotopic (exact) mass is 346 g/mol. The normalized spacial score (nSPS) is 13.4. The maximum absolute atomic E-state index is 12.3. The van der Waals surface area contributed by atoms with Gasteiger partial charge in [0.25, 0.3) is 0 Å². The van der Waals surface area contributed by atoms with Crippen molar-refractivity contribution < 1.29 is 9.59 Å². The van der Waals surface area contributed by atoms with E-state index in [-0.39, 0.29) is 36.2 Å². The molecule has 0 aliphatic heterocycles. The van der Waals surface area contributed by atoms with Gasteiger partial charge in [0.05, 0.1) is 0 Å². The minimum absolute atomic E-state index is 0.0557. The van der Waals surface area contributed by atoms with E-state index >= 15 is 0 Å². The Morgan fingerprint density at radius 1 is 0.714 bits per heavy atom. The van der Waals surface area contributed by atoms with E-state index in [1.807, 2.05) is 74.5 Å². The fraction of sp³-hybridized carbons (Fsp3) is 0.222. The number of ketones is 2. The third-order valence-corrected chi connectivity index (χ3v) is 5.87. The molecule has 0 saturated carbocycles. The summed E-state index contributed by atoms with van der Waals surface area (Å²) in [5.41, 5.74) is 1.46. The predicted molar refractivity (Wildman–Crippen MR) is 86.1 cm³/mol. The van der Waals surface area contributed by atoms with E-state index in [1.54, 1.807) is 0 Å². The molecule has 2 aromatic carbocycles. The van der Waals surface area contributed by atoms with E-state index in [4.69, 9.17) is 0 Å². The Kier molecular flexibility index (Phi) is 5.49. The molecule has 0 aliphatic carbocycles. The zero-order chi connectivity index (χ0) is 15.2. The van der Waals surface area contributed by atoms with Crippen LogP contribution in [0.25, 0.3) is 0 Å². The molecule has 2 rings (SSSR count). The summed E-state index contributed by atoms with van der Waals surface area (Å²) in [5.74, 6) is 0.256. The van der Waals surface area contributed by atoms with E-state index in [2.05, 4.69) is 0 Å². The maximum atomic E-state index is 12.3. The summed E-state index contributed by atoms with van der Waals surface area (Å²) < 4.78 is 0. The first-order valence-electron chi connectivity index (χ1n) is 6.93. The van der Waals surface area contributed by atoms with Crippen molar-refractivity contribution in [3.8, 4) is 0 Å². The number of rotatable bonds is 6. The number of Topliss-reactive ketones (excluding diaryl/α,β-unsaturated/α-hetero) is 2. The first-order valence-corrected chi connectivity index (χ1v) is 8.91. The Balaban J connectivity index is 2.01. The van der Waals surface area contributed by atoms with Crippen molar-refractivity contribution >= 4 is 26.5 Å². The molecular weight excluding hydrogens is 327 g/mol. The van der Waals surface area contributed by atoms with Gasteiger partial charge in [-0.25, -0.2) is 0 Å². The molecule has 2 atom stereocenters. The Labute approximate surface area is 131 Å². The summed E-state index contributed by atoms with van der Waals surface area (Å²) in [6, 6.07) is 18.6. The summed E-state index contributed by atoms with van der Waals surface area (Å²) in [6.07, 6.45) is 0. The zero-order valence-electron chi connectivity index (χ0n) is 12.2. The average Bonchev–Trinajstić information content (AvgIpc) is 2.55. The Bertz CT molecular complexity index is 552. The Hall–Kier alpha value is -1.70. The van der Waals surface area contributed by atoms with Crippen molar-refractivity contribution in [3.63, 3.8) is 0 Å². The average molecular weight is 345 g/mol. The van der Waals surface area contributed by atoms with Crippen LogP contribution in [-0.4, -0.2) is 26.5 Å². The summed E-state index contributed by atoms with van der Waals surface area (Å²) in [7, 11) is 0. The Morgan fingerprint density at radius 2 is 1.05 bits per heavy atom. The third-order valence-electron chi connectivity index (χ3n) is 3.26. The van der Waals surface area contributed by atoms with Crippen LogP contribution in [0.1, 0.15) is 34.6 Å². The van der Waals surface area contributed by atoms with Gasteiger partial charge in [-0.05, 0) is 0 Å². The number of benzene rings is 2. The van der Waals surface area contributed by atoms with Gasteiger partial charge in [-0.3, -0.25) is 0 Å². The van der Waals surface area contributed by atoms with Gasteiger partial charge in [0, 0.05) is 0 Å². The van der Waals surface area contributed by atoms with Gasteiger partial charge in [0.15, 0.2) is 0 Å². The fourth-order valence-electron chi connectivity index (χ4n) is 2.10. The summed E-state index contributed by atoms with van der Waals surface area (Å²) in [5, 5.41) is 0. The van der Waals surface area contributed by atoms with Crippen molar-refractivity contribution in [1.29, 1.82) is 0 Å². The van der Waals surface area contributed by atoms with Crippen LogP contribution in [0.3, 0.4) is 0 Å². The standard InChI is InChI=1S/C18H18O2Se/c1-13(17(19)15-9-5-3-6-10-15)21-14(2)18(20)16-11-7-4-8-12-16/h3-14H,1-2H3/t13-,14-/m1/s1. The van der Waals surface area contributed by atoms with Crippen molar-refractivity contribution in [2.45, 2.75) is 23.5 Å². The van der Waals surface area contributed by atoms with E-state index in [1.165, 1.54) is 0 Å². The van der Waals surface area contributed by atoms with Crippen molar-refractivity contribution in [3.05, 3.63) is 71.8 Å². The predicted octanol–water partition coefficient (Wildman–Crippen LogP) is 4.07. The van der Waals surface area contributed by atoms with E-state index in [9.17, 15) is 9.59 Å². The third kappa shape index (κ3) is 4.13. The number of hydrogen-bond acceptors (Lipinski definition) is 2. The van der Waals surface area contributed by atoms with Gasteiger partial charge in [-0.2, -0.15) is 0 Å². The first kappa shape index (κ1) is 15.7. The topological polar surface area (TPSA) is 34.1 Å². The second-order valence-electron chi connectivity index (χ2n) is 4.88. The number of carbonyl (C=O) groups excluding carboxylic acids is 2. The molecule has 2 aromatic rings. The molecule has 0 amide bonds. The van der Waals surface area contributed by atoms with Gasteiger partial charge in [0.2, 0.25) is 0 Å². The van der Waals surface area contributed by atoms with Crippen LogP contribution in [-0.2, 0) is 0 Å². The molecule has 0 spiro atoms. The number of hydrogen-bond donors (Lipinski definition) is 0. The molecule has 0 heterocycles. The van der Waals surface area contributed by atoms with Gasteiger partial charge >= 0.3 is 131 Å². The first-order chi connectivity index (χ1) is 10.1. The van der Waals surface area contributed by atoms with E-state index in [0.29, 0.717) is 0 Å². The molecule has 0 saturated heterocycles. The molecule has 0 bridgehead atoms. The molecule has 0 aliphatic rings. The van der Waals surface area contributed by atoms with Crippen molar-refractivity contribution in [2.24, 2.45) is 0 Å². The van der Waals surface area contributed by atoms with Crippen LogP contribution < -0.4 is 0 Å². The van der Waals surface area contributed by atoms with Crippen LogP contribution in [0.4, 0.5) is 0 Å². The van der Waals surface area contributed by atoms with E-state index < -0.39 is 0 Å². The van der Waals surface area contributed by atoms with Gasteiger partial charge < -0.3 is 0 Å². The zero-order valence-corrected chi connectivity index (χ0v) is 13.9. The molecule has 108 valence electrons. The SMILES string of the molecule is C[C@@H]([Se][C@H](C)C(=O)c1ccccc1)C(=O)c1ccccc1. The summed E-state index contributed by atoms with van der Waals surface area (Å²) in [4.78, 5) is 24.5. The van der Waals surface area contributed by atoms with Crippen LogP contribution in [0.15, 0.2) is 60.7 Å². The Morgan fingerprint density at radius 3 is 1.38 bits per heavy atom. The number of carbonyl (C=O) groups is 2. The van der Waals surface area contributed by atoms with Gasteiger partial charge in [-0.1, -0.05) is 0 Å². The van der Waals surface area contributed by atoms with Crippen molar-refractivity contribution in [2.75, 3.05) is 0 Å². The molecule has 0 aromatic heterocycles. The molecule has 3 heteroatoms. The van der Waals surface area contributed by atoms with Crippen LogP contribution in [0.5, 0.6) is 0 Å². The quantitative estimate of drug-likeness (QED) is 0.584.